The van der Waals surface area contributed by atoms with E-state index in [1.807, 2.05) is 38.1 Å². The lowest BCUT2D eigenvalue weighted by atomic mass is 9.97. The first-order chi connectivity index (χ1) is 14.0. The van der Waals surface area contributed by atoms with Crippen molar-refractivity contribution >= 4 is 11.7 Å². The number of rotatable bonds is 6. The van der Waals surface area contributed by atoms with E-state index in [1.165, 1.54) is 0 Å². The van der Waals surface area contributed by atoms with Crippen molar-refractivity contribution in [1.82, 2.24) is 5.32 Å². The topological polar surface area (TPSA) is 73.9 Å². The summed E-state index contributed by atoms with van der Waals surface area (Å²) >= 11 is 0. The molecule has 1 amide bonds. The van der Waals surface area contributed by atoms with Crippen molar-refractivity contribution < 1.29 is 23.8 Å². The molecule has 2 aromatic carbocycles. The van der Waals surface area contributed by atoms with Crippen LogP contribution in [0.1, 0.15) is 46.3 Å². The van der Waals surface area contributed by atoms with Crippen LogP contribution in [0.15, 0.2) is 30.3 Å². The number of benzene rings is 2. The Labute approximate surface area is 170 Å². The maximum atomic E-state index is 12.3. The fourth-order valence-electron chi connectivity index (χ4n) is 4.01. The first-order valence-corrected chi connectivity index (χ1v) is 9.97. The number of carbonyl (C=O) groups excluding carboxylic acids is 2. The Hall–Kier alpha value is -3.02. The summed E-state index contributed by atoms with van der Waals surface area (Å²) in [6.45, 7) is 5.54. The van der Waals surface area contributed by atoms with Crippen molar-refractivity contribution in [3.05, 3.63) is 52.6 Å². The first-order valence-electron chi connectivity index (χ1n) is 9.97. The molecule has 1 unspecified atom stereocenters. The summed E-state index contributed by atoms with van der Waals surface area (Å²) in [5.41, 5.74) is 3.84. The van der Waals surface area contributed by atoms with Gasteiger partial charge in [0.2, 0.25) is 0 Å². The molecule has 2 aliphatic rings. The van der Waals surface area contributed by atoms with Crippen LogP contribution >= 0.6 is 0 Å². The lowest BCUT2D eigenvalue weighted by Crippen LogP contribution is -2.30. The minimum atomic E-state index is -0.213. The van der Waals surface area contributed by atoms with E-state index >= 15 is 0 Å². The molecule has 0 bridgehead atoms. The summed E-state index contributed by atoms with van der Waals surface area (Å²) < 4.78 is 16.8. The molecule has 29 heavy (non-hydrogen) atoms. The lowest BCUT2D eigenvalue weighted by molar-refractivity contribution is -0.123. The predicted molar refractivity (Wildman–Crippen MR) is 108 cm³/mol. The summed E-state index contributed by atoms with van der Waals surface area (Å²) in [4.78, 5) is 24.5. The SMILES string of the molecule is Cc1ccc(OCC(=O)NCCc2ccc3c(c2)OCCO3)c2c1C(C)CC2=O. The number of hydrogen-bond donors (Lipinski definition) is 1. The van der Waals surface area contributed by atoms with Gasteiger partial charge in [-0.25, -0.2) is 0 Å². The number of Topliss-reactive ketones (excluding diaryl/α,β-unsaturated/α-hetero) is 1. The van der Waals surface area contributed by atoms with Crippen LogP contribution in [0.2, 0.25) is 0 Å². The minimum Gasteiger partial charge on any atom is -0.486 e. The number of ketones is 1. The zero-order valence-electron chi connectivity index (χ0n) is 16.7. The van der Waals surface area contributed by atoms with Gasteiger partial charge in [-0.2, -0.15) is 0 Å². The monoisotopic (exact) mass is 395 g/mol. The van der Waals surface area contributed by atoms with E-state index in [9.17, 15) is 9.59 Å². The molecular weight excluding hydrogens is 370 g/mol. The molecule has 0 saturated carbocycles. The normalized spacial score (nSPS) is 17.0. The van der Waals surface area contributed by atoms with Crippen LogP contribution in [-0.4, -0.2) is 38.1 Å². The quantitative estimate of drug-likeness (QED) is 0.813. The Morgan fingerprint density at radius 2 is 1.97 bits per heavy atom. The smallest absolute Gasteiger partial charge is 0.257 e. The van der Waals surface area contributed by atoms with Gasteiger partial charge in [-0.1, -0.05) is 19.1 Å². The summed E-state index contributed by atoms with van der Waals surface area (Å²) in [6.07, 6.45) is 1.18. The third-order valence-corrected chi connectivity index (χ3v) is 5.39. The van der Waals surface area contributed by atoms with Gasteiger partial charge in [-0.05, 0) is 54.2 Å². The van der Waals surface area contributed by atoms with Gasteiger partial charge in [0.15, 0.2) is 23.9 Å². The van der Waals surface area contributed by atoms with E-state index in [4.69, 9.17) is 14.2 Å². The van der Waals surface area contributed by atoms with Gasteiger partial charge in [0.1, 0.15) is 19.0 Å². The molecule has 6 heteroatoms. The average Bonchev–Trinajstić information content (AvgIpc) is 3.02. The molecule has 4 rings (SSSR count). The van der Waals surface area contributed by atoms with E-state index in [2.05, 4.69) is 5.32 Å². The number of aryl methyl sites for hydroxylation is 1. The van der Waals surface area contributed by atoms with Crippen LogP contribution < -0.4 is 19.5 Å². The molecular formula is C23H25NO5. The Kier molecular flexibility index (Phi) is 5.43. The second kappa shape index (κ2) is 8.15. The van der Waals surface area contributed by atoms with E-state index < -0.39 is 0 Å². The maximum absolute atomic E-state index is 12.3. The second-order valence-corrected chi connectivity index (χ2v) is 7.56. The summed E-state index contributed by atoms with van der Waals surface area (Å²) in [5, 5.41) is 2.86. The number of amides is 1. The molecule has 1 aliphatic heterocycles. The van der Waals surface area contributed by atoms with Crippen molar-refractivity contribution in [2.45, 2.75) is 32.6 Å². The van der Waals surface area contributed by atoms with Gasteiger partial charge >= 0.3 is 0 Å². The number of nitrogens with one attached hydrogen (secondary N) is 1. The van der Waals surface area contributed by atoms with Crippen molar-refractivity contribution in [2.75, 3.05) is 26.4 Å². The molecule has 1 heterocycles. The molecule has 1 atom stereocenters. The molecule has 0 radical (unpaired) electrons. The van der Waals surface area contributed by atoms with E-state index in [0.717, 1.165) is 28.2 Å². The highest BCUT2D eigenvalue weighted by Crippen LogP contribution is 2.40. The number of ether oxygens (including phenoxy) is 3. The highest BCUT2D eigenvalue weighted by atomic mass is 16.6. The van der Waals surface area contributed by atoms with Gasteiger partial charge in [0.05, 0.1) is 5.56 Å². The van der Waals surface area contributed by atoms with Crippen LogP contribution in [0.4, 0.5) is 0 Å². The van der Waals surface area contributed by atoms with Gasteiger partial charge in [-0.15, -0.1) is 0 Å². The Morgan fingerprint density at radius 3 is 2.79 bits per heavy atom. The van der Waals surface area contributed by atoms with Crippen molar-refractivity contribution in [3.63, 3.8) is 0 Å². The number of fused-ring (bicyclic) bond motifs is 2. The lowest BCUT2D eigenvalue weighted by Gasteiger charge is -2.19. The third-order valence-electron chi connectivity index (χ3n) is 5.39. The Bertz CT molecular complexity index is 953. The number of hydrogen-bond acceptors (Lipinski definition) is 5. The van der Waals surface area contributed by atoms with Gasteiger partial charge in [0, 0.05) is 13.0 Å². The van der Waals surface area contributed by atoms with Gasteiger partial charge < -0.3 is 19.5 Å². The third kappa shape index (κ3) is 4.06. The van der Waals surface area contributed by atoms with Crippen LogP contribution in [0.25, 0.3) is 0 Å². The first kappa shape index (κ1) is 19.3. The van der Waals surface area contributed by atoms with Crippen molar-refractivity contribution in [1.29, 1.82) is 0 Å². The largest absolute Gasteiger partial charge is 0.486 e. The number of carbonyl (C=O) groups is 2. The molecule has 0 saturated heterocycles. The van der Waals surface area contributed by atoms with Crippen molar-refractivity contribution in [2.24, 2.45) is 0 Å². The highest BCUT2D eigenvalue weighted by molar-refractivity contribution is 6.04. The predicted octanol–water partition coefficient (Wildman–Crippen LogP) is 3.19. The molecule has 6 nitrogen and oxygen atoms in total. The summed E-state index contributed by atoms with van der Waals surface area (Å²) in [6, 6.07) is 9.54. The fraction of sp³-hybridized carbons (Fsp3) is 0.391. The van der Waals surface area contributed by atoms with E-state index in [0.29, 0.717) is 43.9 Å². The standard InChI is InChI=1S/C23H25NO5/c1-14-3-5-19(23-17(25)11-15(2)22(14)23)29-13-21(26)24-8-7-16-4-6-18-20(12-16)28-10-9-27-18/h3-6,12,15H,7-11,13H2,1-2H3,(H,24,26). The molecule has 0 aromatic heterocycles. The van der Waals surface area contributed by atoms with E-state index in [-0.39, 0.29) is 24.2 Å². The minimum absolute atomic E-state index is 0.0882. The molecule has 0 fully saturated rings. The summed E-state index contributed by atoms with van der Waals surface area (Å²) in [7, 11) is 0. The summed E-state index contributed by atoms with van der Waals surface area (Å²) in [5.74, 6) is 2.07. The zero-order chi connectivity index (χ0) is 20.4. The Balaban J connectivity index is 1.30. The molecule has 2 aromatic rings. The van der Waals surface area contributed by atoms with Crippen molar-refractivity contribution in [3.8, 4) is 17.2 Å². The second-order valence-electron chi connectivity index (χ2n) is 7.56. The molecule has 152 valence electrons. The van der Waals surface area contributed by atoms with Crippen LogP contribution in [0.3, 0.4) is 0 Å². The van der Waals surface area contributed by atoms with Crippen LogP contribution in [0, 0.1) is 6.92 Å². The van der Waals surface area contributed by atoms with Gasteiger partial charge in [-0.3, -0.25) is 9.59 Å². The maximum Gasteiger partial charge on any atom is 0.257 e. The average molecular weight is 395 g/mol. The Morgan fingerprint density at radius 1 is 1.17 bits per heavy atom. The van der Waals surface area contributed by atoms with Crippen LogP contribution in [-0.2, 0) is 11.2 Å². The highest BCUT2D eigenvalue weighted by Gasteiger charge is 2.31. The fourth-order valence-corrected chi connectivity index (χ4v) is 4.01. The molecule has 0 spiro atoms. The van der Waals surface area contributed by atoms with Gasteiger partial charge in [0.25, 0.3) is 5.91 Å². The van der Waals surface area contributed by atoms with E-state index in [1.54, 1.807) is 6.07 Å². The zero-order valence-corrected chi connectivity index (χ0v) is 16.7. The molecule has 1 aliphatic carbocycles. The van der Waals surface area contributed by atoms with Crippen LogP contribution in [0.5, 0.6) is 17.2 Å². The molecule has 1 N–H and O–H groups in total.